The molecule has 1 atom stereocenters. The van der Waals surface area contributed by atoms with Crippen LogP contribution in [0, 0.1) is 5.92 Å². The van der Waals surface area contributed by atoms with Crippen LogP contribution in [0.1, 0.15) is 36.4 Å². The maximum absolute atomic E-state index is 11.8. The zero-order chi connectivity index (χ0) is 19.7. The molecule has 1 aliphatic heterocycles. The number of halogens is 1. The van der Waals surface area contributed by atoms with Crippen LogP contribution in [0.5, 0.6) is 0 Å². The third-order valence-electron chi connectivity index (χ3n) is 5.45. The average molecular weight is 419 g/mol. The Bertz CT molecular complexity index is 1070. The van der Waals surface area contributed by atoms with Crippen LogP contribution in [-0.4, -0.2) is 37.9 Å². The Morgan fingerprint density at radius 1 is 1.21 bits per heavy atom. The predicted molar refractivity (Wildman–Crippen MR) is 111 cm³/mol. The van der Waals surface area contributed by atoms with E-state index in [1.807, 2.05) is 18.2 Å². The van der Waals surface area contributed by atoms with E-state index in [0.717, 1.165) is 54.8 Å². The Balaban J connectivity index is 1.71. The van der Waals surface area contributed by atoms with Crippen molar-refractivity contribution in [1.82, 2.24) is 9.97 Å². The summed E-state index contributed by atoms with van der Waals surface area (Å²) in [6, 6.07) is 11.2. The number of aromatic amines is 1. The molecule has 0 bridgehead atoms. The van der Waals surface area contributed by atoms with Crippen LogP contribution < -0.4 is 0 Å². The van der Waals surface area contributed by atoms with Crippen molar-refractivity contribution >= 4 is 32.5 Å². The zero-order valence-corrected chi connectivity index (χ0v) is 17.3. The van der Waals surface area contributed by atoms with Crippen molar-refractivity contribution in [3.63, 3.8) is 0 Å². The van der Waals surface area contributed by atoms with Gasteiger partial charge in [-0.15, -0.1) is 0 Å². The third-order valence-corrected chi connectivity index (χ3v) is 6.79. The number of fused-ring (bicyclic) bond motifs is 1. The summed E-state index contributed by atoms with van der Waals surface area (Å²) in [6.45, 7) is 1.60. The van der Waals surface area contributed by atoms with Crippen molar-refractivity contribution in [3.05, 3.63) is 58.9 Å². The molecule has 0 amide bonds. The van der Waals surface area contributed by atoms with Crippen molar-refractivity contribution < 1.29 is 13.2 Å². The highest BCUT2D eigenvalue weighted by Crippen LogP contribution is 2.36. The molecule has 5 nitrogen and oxygen atoms in total. The van der Waals surface area contributed by atoms with Gasteiger partial charge in [-0.05, 0) is 55.0 Å². The van der Waals surface area contributed by atoms with Crippen molar-refractivity contribution in [2.45, 2.75) is 30.1 Å². The topological polar surface area (TPSA) is 72.1 Å². The Kier molecular flexibility index (Phi) is 5.45. The number of sulfone groups is 1. The lowest BCUT2D eigenvalue weighted by atomic mass is 9.83. The Morgan fingerprint density at radius 3 is 2.61 bits per heavy atom. The van der Waals surface area contributed by atoms with Gasteiger partial charge >= 0.3 is 0 Å². The molecule has 28 heavy (non-hydrogen) atoms. The van der Waals surface area contributed by atoms with Gasteiger partial charge in [0.25, 0.3) is 0 Å². The van der Waals surface area contributed by atoms with Gasteiger partial charge in [0.1, 0.15) is 5.65 Å². The minimum Gasteiger partial charge on any atom is -0.381 e. The van der Waals surface area contributed by atoms with E-state index < -0.39 is 9.84 Å². The molecule has 1 fully saturated rings. The fourth-order valence-corrected chi connectivity index (χ4v) is 4.70. The normalized spacial score (nSPS) is 17.1. The van der Waals surface area contributed by atoms with Crippen LogP contribution in [0.15, 0.2) is 47.5 Å². The molecule has 7 heteroatoms. The van der Waals surface area contributed by atoms with Crippen LogP contribution in [0.4, 0.5) is 0 Å². The fraction of sp³-hybridized carbons (Fsp3) is 0.381. The van der Waals surface area contributed by atoms with Gasteiger partial charge in [0.15, 0.2) is 9.84 Å². The van der Waals surface area contributed by atoms with Gasteiger partial charge in [-0.3, -0.25) is 0 Å². The zero-order valence-electron chi connectivity index (χ0n) is 15.7. The highest BCUT2D eigenvalue weighted by molar-refractivity contribution is 7.90. The number of hydrogen-bond acceptors (Lipinski definition) is 4. The standard InChI is InChI=1S/C21H23ClN2O3S/c1-28(25,26)18-4-2-15(3-5-18)19(10-14-6-8-27-9-7-14)20-12-16-11-17(22)13-23-21(16)24-20/h2-5,11-14,19H,6-10H2,1H3,(H,23,24). The van der Waals surface area contributed by atoms with Crippen LogP contribution >= 0.6 is 11.6 Å². The van der Waals surface area contributed by atoms with E-state index in [1.165, 1.54) is 6.26 Å². The van der Waals surface area contributed by atoms with Gasteiger partial charge < -0.3 is 9.72 Å². The van der Waals surface area contributed by atoms with Gasteiger partial charge in [0, 0.05) is 42.7 Å². The Morgan fingerprint density at radius 2 is 1.93 bits per heavy atom. The quantitative estimate of drug-likeness (QED) is 0.658. The first-order valence-corrected chi connectivity index (χ1v) is 11.7. The van der Waals surface area contributed by atoms with Crippen molar-refractivity contribution in [1.29, 1.82) is 0 Å². The second-order valence-corrected chi connectivity index (χ2v) is 9.95. The van der Waals surface area contributed by atoms with Crippen LogP contribution in [0.25, 0.3) is 11.0 Å². The van der Waals surface area contributed by atoms with Crippen molar-refractivity contribution in [2.75, 3.05) is 19.5 Å². The number of pyridine rings is 1. The monoisotopic (exact) mass is 418 g/mol. The van der Waals surface area contributed by atoms with E-state index in [-0.39, 0.29) is 5.92 Å². The first-order chi connectivity index (χ1) is 13.4. The summed E-state index contributed by atoms with van der Waals surface area (Å²) in [6.07, 6.45) is 5.93. The SMILES string of the molecule is CS(=O)(=O)c1ccc(C(CC2CCOCC2)c2cc3cc(Cl)cnc3[nH]2)cc1. The lowest BCUT2D eigenvalue weighted by Crippen LogP contribution is -2.18. The van der Waals surface area contributed by atoms with Gasteiger partial charge in [0.2, 0.25) is 0 Å². The van der Waals surface area contributed by atoms with E-state index in [4.69, 9.17) is 16.3 Å². The molecular weight excluding hydrogens is 396 g/mol. The van der Waals surface area contributed by atoms with Crippen molar-refractivity contribution in [2.24, 2.45) is 5.92 Å². The molecule has 4 rings (SSSR count). The van der Waals surface area contributed by atoms with Crippen LogP contribution in [0.3, 0.4) is 0 Å². The van der Waals surface area contributed by atoms with E-state index >= 15 is 0 Å². The summed E-state index contributed by atoms with van der Waals surface area (Å²) in [5.74, 6) is 0.695. The molecule has 1 saturated heterocycles. The molecular formula is C21H23ClN2O3S. The Hall–Kier alpha value is -1.89. The van der Waals surface area contributed by atoms with Gasteiger partial charge in [-0.1, -0.05) is 23.7 Å². The molecule has 0 radical (unpaired) electrons. The van der Waals surface area contributed by atoms with Gasteiger partial charge in [-0.25, -0.2) is 13.4 Å². The number of H-pyrrole nitrogens is 1. The summed E-state index contributed by atoms with van der Waals surface area (Å²) in [5.41, 5.74) is 2.98. The number of aromatic nitrogens is 2. The van der Waals surface area contributed by atoms with E-state index in [9.17, 15) is 8.42 Å². The summed E-state index contributed by atoms with van der Waals surface area (Å²) in [4.78, 5) is 8.16. The molecule has 0 spiro atoms. The number of rotatable bonds is 5. The molecule has 1 N–H and O–H groups in total. The molecule has 1 aromatic carbocycles. The first-order valence-electron chi connectivity index (χ1n) is 9.42. The molecule has 148 valence electrons. The third kappa shape index (κ3) is 4.24. The maximum Gasteiger partial charge on any atom is 0.175 e. The summed E-state index contributed by atoms with van der Waals surface area (Å²) in [5, 5.41) is 1.59. The number of nitrogens with one attached hydrogen (secondary N) is 1. The molecule has 2 aromatic heterocycles. The minimum absolute atomic E-state index is 0.129. The maximum atomic E-state index is 11.8. The summed E-state index contributed by atoms with van der Waals surface area (Å²) in [7, 11) is -3.21. The highest BCUT2D eigenvalue weighted by Gasteiger charge is 2.24. The number of nitrogens with zero attached hydrogens (tertiary/aromatic N) is 1. The van der Waals surface area contributed by atoms with E-state index in [0.29, 0.717) is 15.8 Å². The largest absolute Gasteiger partial charge is 0.381 e. The highest BCUT2D eigenvalue weighted by atomic mass is 35.5. The predicted octanol–water partition coefficient (Wildman–Crippen LogP) is 4.57. The molecule has 0 saturated carbocycles. The summed E-state index contributed by atoms with van der Waals surface area (Å²) < 4.78 is 29.1. The Labute approximate surface area is 170 Å². The van der Waals surface area contributed by atoms with E-state index in [2.05, 4.69) is 16.0 Å². The molecule has 3 aromatic rings. The fourth-order valence-electron chi connectivity index (χ4n) is 3.90. The van der Waals surface area contributed by atoms with Crippen LogP contribution in [-0.2, 0) is 14.6 Å². The average Bonchev–Trinajstić information content (AvgIpc) is 3.09. The van der Waals surface area contributed by atoms with Gasteiger partial charge in [-0.2, -0.15) is 0 Å². The van der Waals surface area contributed by atoms with Crippen LogP contribution in [0.2, 0.25) is 5.02 Å². The molecule has 0 aliphatic carbocycles. The van der Waals surface area contributed by atoms with Crippen molar-refractivity contribution in [3.8, 4) is 0 Å². The van der Waals surface area contributed by atoms with E-state index in [1.54, 1.807) is 18.3 Å². The minimum atomic E-state index is -3.21. The lowest BCUT2D eigenvalue weighted by Gasteiger charge is -2.26. The number of benzene rings is 1. The number of ether oxygens (including phenoxy) is 1. The smallest absolute Gasteiger partial charge is 0.175 e. The number of hydrogen-bond donors (Lipinski definition) is 1. The molecule has 1 unspecified atom stereocenters. The second kappa shape index (κ2) is 7.85. The second-order valence-electron chi connectivity index (χ2n) is 7.50. The summed E-state index contributed by atoms with van der Waals surface area (Å²) >= 11 is 6.09. The van der Waals surface area contributed by atoms with Gasteiger partial charge in [0.05, 0.1) is 9.92 Å². The molecule has 1 aliphatic rings. The first kappa shape index (κ1) is 19.4. The lowest BCUT2D eigenvalue weighted by molar-refractivity contribution is 0.0626. The molecule has 3 heterocycles.